The predicted octanol–water partition coefficient (Wildman–Crippen LogP) is 4.46. The largest absolute Gasteiger partial charge is 0.316 e. The third-order valence-electron chi connectivity index (χ3n) is 4.13. The van der Waals surface area contributed by atoms with E-state index >= 15 is 0 Å². The number of amides is 1. The van der Waals surface area contributed by atoms with Crippen LogP contribution in [0.1, 0.15) is 33.6 Å². The fraction of sp³-hybridized carbons (Fsp3) is 0.333. The Labute approximate surface area is 144 Å². The number of rotatable bonds is 4. The maximum Gasteiger partial charge on any atom is 0.235 e. The van der Waals surface area contributed by atoms with Gasteiger partial charge in [-0.05, 0) is 61.9 Å². The lowest BCUT2D eigenvalue weighted by atomic mass is 10.1. The number of carbonyl (C=O) groups is 1. The van der Waals surface area contributed by atoms with E-state index in [4.69, 9.17) is 0 Å². The number of anilines is 1. The summed E-state index contributed by atoms with van der Waals surface area (Å²) in [6.45, 7) is 4.15. The van der Waals surface area contributed by atoms with Crippen LogP contribution in [-0.2, 0) is 17.6 Å². The van der Waals surface area contributed by atoms with E-state index in [2.05, 4.69) is 37.4 Å². The van der Waals surface area contributed by atoms with Crippen molar-refractivity contribution in [3.05, 3.63) is 45.3 Å². The summed E-state index contributed by atoms with van der Waals surface area (Å²) in [5.74, 6) is 0.306. The van der Waals surface area contributed by atoms with Crippen LogP contribution in [0.4, 0.5) is 5.00 Å². The molecule has 0 aliphatic heterocycles. The molecule has 1 aromatic carbocycles. The summed E-state index contributed by atoms with van der Waals surface area (Å²) in [4.78, 5) is 14.6. The van der Waals surface area contributed by atoms with Gasteiger partial charge >= 0.3 is 0 Å². The standard InChI is InChI=1S/C18H18N2OS2/c1-11-6-7-13(8-12(11)2)22-10-17(21)20-18-15(9-19)14-4-3-5-16(14)23-18/h6-8H,3-5,10H2,1-2H3,(H,20,21). The second kappa shape index (κ2) is 6.77. The molecule has 3 rings (SSSR count). The zero-order valence-electron chi connectivity index (χ0n) is 13.2. The van der Waals surface area contributed by atoms with Crippen molar-refractivity contribution in [2.45, 2.75) is 38.0 Å². The summed E-state index contributed by atoms with van der Waals surface area (Å²) in [6.07, 6.45) is 3.11. The van der Waals surface area contributed by atoms with Gasteiger partial charge in [-0.3, -0.25) is 4.79 Å². The van der Waals surface area contributed by atoms with Crippen LogP contribution >= 0.6 is 23.1 Å². The SMILES string of the molecule is Cc1ccc(SCC(=O)Nc2sc3c(c2C#N)CCC3)cc1C. The lowest BCUT2D eigenvalue weighted by molar-refractivity contribution is -0.113. The second-order valence-electron chi connectivity index (χ2n) is 5.76. The molecule has 0 spiro atoms. The molecule has 3 nitrogen and oxygen atoms in total. The molecule has 2 aromatic rings. The van der Waals surface area contributed by atoms with Gasteiger partial charge in [0, 0.05) is 9.77 Å². The summed E-state index contributed by atoms with van der Waals surface area (Å²) in [6, 6.07) is 8.48. The van der Waals surface area contributed by atoms with Crippen molar-refractivity contribution in [1.82, 2.24) is 0 Å². The number of hydrogen-bond acceptors (Lipinski definition) is 4. The van der Waals surface area contributed by atoms with Crippen LogP contribution in [0.15, 0.2) is 23.1 Å². The molecule has 1 heterocycles. The van der Waals surface area contributed by atoms with E-state index in [9.17, 15) is 10.1 Å². The van der Waals surface area contributed by atoms with Crippen molar-refractivity contribution in [3.63, 3.8) is 0 Å². The van der Waals surface area contributed by atoms with Crippen LogP contribution in [0.5, 0.6) is 0 Å². The highest BCUT2D eigenvalue weighted by Crippen LogP contribution is 2.38. The fourth-order valence-electron chi connectivity index (χ4n) is 2.73. The molecule has 5 heteroatoms. The van der Waals surface area contributed by atoms with E-state index in [-0.39, 0.29) is 5.91 Å². The highest BCUT2D eigenvalue weighted by molar-refractivity contribution is 8.00. The highest BCUT2D eigenvalue weighted by atomic mass is 32.2. The zero-order valence-corrected chi connectivity index (χ0v) is 14.9. The molecule has 0 saturated carbocycles. The first kappa shape index (κ1) is 16.1. The number of thioether (sulfide) groups is 1. The number of nitrogens with zero attached hydrogens (tertiary/aromatic N) is 1. The van der Waals surface area contributed by atoms with Gasteiger partial charge in [-0.2, -0.15) is 5.26 Å². The van der Waals surface area contributed by atoms with Gasteiger partial charge in [0.1, 0.15) is 11.1 Å². The Bertz CT molecular complexity index is 802. The summed E-state index contributed by atoms with van der Waals surface area (Å²) in [5, 5.41) is 13.0. The third-order valence-corrected chi connectivity index (χ3v) is 6.34. The van der Waals surface area contributed by atoms with Crippen molar-refractivity contribution in [2.24, 2.45) is 0 Å². The van der Waals surface area contributed by atoms with E-state index in [1.165, 1.54) is 27.8 Å². The van der Waals surface area contributed by atoms with E-state index in [1.54, 1.807) is 11.3 Å². The quantitative estimate of drug-likeness (QED) is 0.835. The van der Waals surface area contributed by atoms with Gasteiger partial charge in [0.2, 0.25) is 5.91 Å². The van der Waals surface area contributed by atoms with Crippen molar-refractivity contribution in [3.8, 4) is 6.07 Å². The first-order valence-electron chi connectivity index (χ1n) is 7.63. The topological polar surface area (TPSA) is 52.9 Å². The van der Waals surface area contributed by atoms with E-state index < -0.39 is 0 Å². The van der Waals surface area contributed by atoms with E-state index in [1.807, 2.05) is 6.07 Å². The molecule has 0 radical (unpaired) electrons. The third kappa shape index (κ3) is 3.44. The Morgan fingerprint density at radius 1 is 1.35 bits per heavy atom. The van der Waals surface area contributed by atoms with Gasteiger partial charge in [0.05, 0.1) is 11.3 Å². The molecule has 118 valence electrons. The second-order valence-corrected chi connectivity index (χ2v) is 7.91. The zero-order chi connectivity index (χ0) is 16.4. The predicted molar refractivity (Wildman–Crippen MR) is 96.3 cm³/mol. The minimum absolute atomic E-state index is 0.0512. The number of nitriles is 1. The van der Waals surface area contributed by atoms with Crippen LogP contribution in [0.2, 0.25) is 0 Å². The summed E-state index contributed by atoms with van der Waals surface area (Å²) < 4.78 is 0. The monoisotopic (exact) mass is 342 g/mol. The first-order chi connectivity index (χ1) is 11.1. The Hall–Kier alpha value is -1.77. The number of aryl methyl sites for hydroxylation is 3. The van der Waals surface area contributed by atoms with Gasteiger partial charge in [0.15, 0.2) is 0 Å². The van der Waals surface area contributed by atoms with Crippen LogP contribution in [0, 0.1) is 25.2 Å². The Morgan fingerprint density at radius 3 is 2.91 bits per heavy atom. The van der Waals surface area contributed by atoms with E-state index in [0.29, 0.717) is 11.3 Å². The number of hydrogen-bond donors (Lipinski definition) is 1. The minimum Gasteiger partial charge on any atom is -0.316 e. The molecule has 1 aliphatic rings. The summed E-state index contributed by atoms with van der Waals surface area (Å²) in [5.41, 5.74) is 4.31. The highest BCUT2D eigenvalue weighted by Gasteiger charge is 2.22. The van der Waals surface area contributed by atoms with Crippen LogP contribution in [0.3, 0.4) is 0 Å². The van der Waals surface area contributed by atoms with Crippen molar-refractivity contribution in [1.29, 1.82) is 5.26 Å². The molecule has 0 saturated heterocycles. The Balaban J connectivity index is 1.64. The number of benzene rings is 1. The number of carbonyl (C=O) groups excluding carboxylic acids is 1. The van der Waals surface area contributed by atoms with E-state index in [0.717, 1.165) is 34.7 Å². The number of nitrogens with one attached hydrogen (secondary N) is 1. The molecule has 1 aliphatic carbocycles. The molecule has 1 aromatic heterocycles. The lowest BCUT2D eigenvalue weighted by Gasteiger charge is -2.06. The number of thiophene rings is 1. The van der Waals surface area contributed by atoms with Crippen LogP contribution in [-0.4, -0.2) is 11.7 Å². The Kier molecular flexibility index (Phi) is 4.74. The molecule has 1 N–H and O–H groups in total. The molecule has 0 atom stereocenters. The average Bonchev–Trinajstić information content (AvgIpc) is 3.09. The van der Waals surface area contributed by atoms with Gasteiger partial charge in [0.25, 0.3) is 0 Å². The summed E-state index contributed by atoms with van der Waals surface area (Å²) in [7, 11) is 0. The van der Waals surface area contributed by atoms with Gasteiger partial charge < -0.3 is 5.32 Å². The minimum atomic E-state index is -0.0512. The molecule has 0 fully saturated rings. The maximum atomic E-state index is 12.2. The molecular weight excluding hydrogens is 324 g/mol. The number of fused-ring (bicyclic) bond motifs is 1. The summed E-state index contributed by atoms with van der Waals surface area (Å²) >= 11 is 3.09. The first-order valence-corrected chi connectivity index (χ1v) is 9.43. The molecule has 23 heavy (non-hydrogen) atoms. The van der Waals surface area contributed by atoms with Gasteiger partial charge in [-0.1, -0.05) is 6.07 Å². The molecule has 0 unspecified atom stereocenters. The van der Waals surface area contributed by atoms with Crippen molar-refractivity contribution in [2.75, 3.05) is 11.1 Å². The van der Waals surface area contributed by atoms with Gasteiger partial charge in [-0.15, -0.1) is 23.1 Å². The smallest absolute Gasteiger partial charge is 0.235 e. The Morgan fingerprint density at radius 2 is 2.17 bits per heavy atom. The molecule has 1 amide bonds. The molecule has 0 bridgehead atoms. The lowest BCUT2D eigenvalue weighted by Crippen LogP contribution is -2.14. The molecular formula is C18H18N2OS2. The van der Waals surface area contributed by atoms with Crippen LogP contribution < -0.4 is 5.32 Å². The normalized spacial score (nSPS) is 12.7. The van der Waals surface area contributed by atoms with Crippen molar-refractivity contribution < 1.29 is 4.79 Å². The van der Waals surface area contributed by atoms with Gasteiger partial charge in [-0.25, -0.2) is 0 Å². The average molecular weight is 342 g/mol. The van der Waals surface area contributed by atoms with Crippen LogP contribution in [0.25, 0.3) is 0 Å². The fourth-order valence-corrected chi connectivity index (χ4v) is 4.78. The van der Waals surface area contributed by atoms with Crippen molar-refractivity contribution >= 4 is 34.0 Å². The maximum absolute atomic E-state index is 12.2.